The van der Waals surface area contributed by atoms with E-state index in [2.05, 4.69) is 84.6 Å². The van der Waals surface area contributed by atoms with E-state index in [-0.39, 0.29) is 36.1 Å². The Bertz CT molecular complexity index is 2570. The molecule has 12 rings (SSSR count). The smallest absolute Gasteiger partial charge is 0.0809 e. The van der Waals surface area contributed by atoms with Crippen molar-refractivity contribution >= 4 is 0 Å². The highest BCUT2D eigenvalue weighted by Crippen LogP contribution is 2.63. The van der Waals surface area contributed by atoms with Gasteiger partial charge in [-0.15, -0.1) is 0 Å². The van der Waals surface area contributed by atoms with Crippen molar-refractivity contribution in [2.24, 2.45) is 81.3 Å². The number of allylic oxidation sites excluding steroid dienone is 9. The van der Waals surface area contributed by atoms with Crippen LogP contribution in [0.1, 0.15) is 332 Å². The third-order valence-corrected chi connectivity index (χ3v) is 30.4. The Morgan fingerprint density at radius 1 is 0.381 bits per heavy atom. The summed E-state index contributed by atoms with van der Waals surface area (Å²) in [7, 11) is 0. The normalized spacial score (nSPS) is 40.4. The van der Waals surface area contributed by atoms with Crippen molar-refractivity contribution in [1.29, 1.82) is 0 Å². The van der Waals surface area contributed by atoms with Crippen molar-refractivity contribution in [3.05, 3.63) is 82.0 Å². The molecule has 9 N–H and O–H groups in total. The molecule has 0 aromatic rings. The summed E-state index contributed by atoms with van der Waals surface area (Å²) in [5.74, 6) is 6.57. The van der Waals surface area contributed by atoms with Crippen LogP contribution in [0, 0.1) is 81.3 Å². The Balaban J connectivity index is 0.000000170. The van der Waals surface area contributed by atoms with Crippen LogP contribution in [0.3, 0.4) is 0 Å². The van der Waals surface area contributed by atoms with E-state index in [1.165, 1.54) is 185 Å². The van der Waals surface area contributed by atoms with E-state index in [9.17, 15) is 46.0 Å². The van der Waals surface area contributed by atoms with Gasteiger partial charge in [0, 0.05) is 11.8 Å². The van der Waals surface area contributed by atoms with Gasteiger partial charge in [0.1, 0.15) is 0 Å². The maximum atomic E-state index is 10.7. The summed E-state index contributed by atoms with van der Waals surface area (Å²) in [6.45, 7) is 22.8. The molecule has 18 atom stereocenters. The molecule has 0 aromatic carbocycles. The second-order valence-corrected chi connectivity index (χ2v) is 36.7. The average Bonchev–Trinajstić information content (AvgIpc) is 1.71. The molecule has 97 heavy (non-hydrogen) atoms. The number of fused-ring (bicyclic) bond motifs is 3. The summed E-state index contributed by atoms with van der Waals surface area (Å²) in [6, 6.07) is 0. The van der Waals surface area contributed by atoms with Crippen molar-refractivity contribution in [2.75, 3.05) is 0 Å². The van der Waals surface area contributed by atoms with E-state index in [0.29, 0.717) is 78.1 Å². The monoisotopic (exact) mass is 1350 g/mol. The summed E-state index contributed by atoms with van der Waals surface area (Å²) >= 11 is 0. The summed E-state index contributed by atoms with van der Waals surface area (Å²) in [5, 5.41) is 93.5. The molecule has 0 saturated heterocycles. The topological polar surface area (TPSA) is 182 Å². The second-order valence-electron chi connectivity index (χ2n) is 36.7. The van der Waals surface area contributed by atoms with Gasteiger partial charge >= 0.3 is 0 Å². The zero-order chi connectivity index (χ0) is 68.8. The van der Waals surface area contributed by atoms with Crippen LogP contribution < -0.4 is 0 Å². The fourth-order valence-corrected chi connectivity index (χ4v) is 24.0. The zero-order valence-electron chi connectivity index (χ0n) is 62.2. The predicted molar refractivity (Wildman–Crippen MR) is 400 cm³/mol. The molecule has 0 aromatic heterocycles. The minimum absolute atomic E-state index is 0. The van der Waals surface area contributed by atoms with Gasteiger partial charge in [0.2, 0.25) is 0 Å². The highest BCUT2D eigenvalue weighted by atomic mass is 16.3. The average molecular weight is 1350 g/mol. The van der Waals surface area contributed by atoms with Gasteiger partial charge in [0.15, 0.2) is 0 Å². The van der Waals surface area contributed by atoms with Crippen LogP contribution in [-0.2, 0) is 0 Å². The molecule has 0 radical (unpaired) electrons. The highest BCUT2D eigenvalue weighted by molar-refractivity contribution is 5.31. The van der Waals surface area contributed by atoms with Crippen LogP contribution in [0.15, 0.2) is 82.0 Å². The fourth-order valence-electron chi connectivity index (χ4n) is 24.0. The highest BCUT2D eigenvalue weighted by Gasteiger charge is 2.54. The number of hydrogen-bond acceptors (Lipinski definition) is 9. The number of aliphatic hydroxyl groups is 9. The van der Waals surface area contributed by atoms with Gasteiger partial charge in [0.05, 0.1) is 53.4 Å². The van der Waals surface area contributed by atoms with Gasteiger partial charge in [-0.1, -0.05) is 216 Å². The first kappa shape index (κ1) is 78.9. The summed E-state index contributed by atoms with van der Waals surface area (Å²) in [4.78, 5) is 0. The van der Waals surface area contributed by atoms with Crippen molar-refractivity contribution in [2.45, 2.75) is 386 Å². The minimum atomic E-state index is -0.612. The van der Waals surface area contributed by atoms with Gasteiger partial charge < -0.3 is 46.0 Å². The lowest BCUT2D eigenvalue weighted by Gasteiger charge is -2.44. The predicted octanol–water partition coefficient (Wildman–Crippen LogP) is 19.5. The van der Waals surface area contributed by atoms with Crippen molar-refractivity contribution < 1.29 is 46.0 Å². The summed E-state index contributed by atoms with van der Waals surface area (Å²) < 4.78 is 0. The van der Waals surface area contributed by atoms with Gasteiger partial charge in [-0.05, 0) is 268 Å². The third kappa shape index (κ3) is 18.9. The molecule has 552 valence electrons. The molecule has 0 aliphatic heterocycles. The Morgan fingerprint density at radius 3 is 0.907 bits per heavy atom. The van der Waals surface area contributed by atoms with Crippen LogP contribution >= 0.6 is 0 Å². The van der Waals surface area contributed by atoms with Crippen molar-refractivity contribution in [1.82, 2.24) is 0 Å². The largest absolute Gasteiger partial charge is 0.392 e. The first-order valence-electron chi connectivity index (χ1n) is 40.7. The second kappa shape index (κ2) is 34.2. The van der Waals surface area contributed by atoms with Crippen LogP contribution in [0.5, 0.6) is 0 Å². The molecule has 9 heteroatoms. The Kier molecular flexibility index (Phi) is 27.8. The molecule has 12 saturated carbocycles. The molecule has 9 nitrogen and oxygen atoms in total. The summed E-state index contributed by atoms with van der Waals surface area (Å²) in [6.07, 6.45) is 57.9. The Hall–Kier alpha value is -2.18. The number of rotatable bonds is 18. The molecule has 0 heterocycles. The van der Waals surface area contributed by atoms with E-state index < -0.39 is 36.6 Å². The summed E-state index contributed by atoms with van der Waals surface area (Å²) in [5.41, 5.74) is 9.08. The SMILES string of the molecule is C.C=C1[C@H](O)CC(=C/C=C2\CCC[C@@]3(C)C2CCC3[C@@H](C)CCCC2(O)CCCC2)C[C@H]1O.CC1[C@H](O)CC(=C/C=C2\CCC[C@@]3(C)C2CCC3[C@@H](C)CCCC2(O)CCCC2)C[C@H]1O.CC1[C@H](O)CC(=C/C=C2\CCC[C@@]3(C)C2CCC3[C@@H](C)CCCC2(O)CCCC2)C[C@H]1O. The maximum absolute atomic E-state index is 10.7. The third-order valence-electron chi connectivity index (χ3n) is 30.4. The number of hydrogen-bond donors (Lipinski definition) is 9. The van der Waals surface area contributed by atoms with E-state index in [1.807, 2.05) is 13.8 Å². The molecule has 12 aliphatic rings. The Labute approximate surface area is 592 Å². The van der Waals surface area contributed by atoms with E-state index in [4.69, 9.17) is 0 Å². The van der Waals surface area contributed by atoms with E-state index >= 15 is 0 Å². The van der Waals surface area contributed by atoms with Crippen LogP contribution in [0.2, 0.25) is 0 Å². The van der Waals surface area contributed by atoms with Crippen LogP contribution in [-0.4, -0.2) is 99.4 Å². The van der Waals surface area contributed by atoms with Crippen molar-refractivity contribution in [3.8, 4) is 0 Å². The van der Waals surface area contributed by atoms with Crippen LogP contribution in [0.25, 0.3) is 0 Å². The molecule has 6 unspecified atom stereocenters. The van der Waals surface area contributed by atoms with E-state index in [1.54, 1.807) is 16.7 Å². The molecule has 0 bridgehead atoms. The first-order valence-corrected chi connectivity index (χ1v) is 40.7. The quantitative estimate of drug-likeness (QED) is 0.0603. The number of aliphatic hydroxyl groups excluding tert-OH is 6. The Morgan fingerprint density at radius 2 is 0.639 bits per heavy atom. The fraction of sp³-hybridized carbons (Fsp3) is 0.841. The lowest BCUT2D eigenvalue weighted by Crippen LogP contribution is -2.36. The van der Waals surface area contributed by atoms with Crippen molar-refractivity contribution in [3.63, 3.8) is 0 Å². The maximum Gasteiger partial charge on any atom is 0.0809 e. The molecule has 12 aliphatic carbocycles. The molecule has 12 fully saturated rings. The lowest BCUT2D eigenvalue weighted by atomic mass is 9.60. The lowest BCUT2D eigenvalue weighted by molar-refractivity contribution is 0.00358. The van der Waals surface area contributed by atoms with Gasteiger partial charge in [0.25, 0.3) is 0 Å². The van der Waals surface area contributed by atoms with Gasteiger partial charge in [-0.3, -0.25) is 0 Å². The minimum Gasteiger partial charge on any atom is -0.392 e. The molecular formula is C88H146O9. The first-order chi connectivity index (χ1) is 45.7. The molecule has 0 spiro atoms. The zero-order valence-corrected chi connectivity index (χ0v) is 62.2. The standard InChI is InChI=1S/2C29H48O3.C29H46O3.CH4/c3*1-20(8-6-17-29(32)15-4-5-16-29)24-12-13-25-23(9-7-14-28(24,25)3)11-10-22-18-26(30)21(2)27(31)19-22;/h2*10-11,20-21,24-27,30-32H,4-9,12-19H2,1-3H3;10-11,20,24-27,30-32H,2,4-9,12-19H2,1,3H3;1H4/b2*22-10?,23-11+;23-11+;/t2*20-,21?,24?,25?,26+,27+,28+;20-,24?,25?,26+,27+,28+;/m000./s1. The molecule has 0 amide bonds. The van der Waals surface area contributed by atoms with Gasteiger partial charge in [-0.25, -0.2) is 0 Å². The van der Waals surface area contributed by atoms with Crippen LogP contribution in [0.4, 0.5) is 0 Å². The van der Waals surface area contributed by atoms with E-state index in [0.717, 1.165) is 98.9 Å². The molecular weight excluding hydrogens is 1200 g/mol. The van der Waals surface area contributed by atoms with Gasteiger partial charge in [-0.2, -0.15) is 0 Å².